The Morgan fingerprint density at radius 3 is 2.57 bits per heavy atom. The van der Waals surface area contributed by atoms with Crippen LogP contribution in [0.25, 0.3) is 0 Å². The van der Waals surface area contributed by atoms with Crippen molar-refractivity contribution in [3.63, 3.8) is 0 Å². The molecule has 0 spiro atoms. The standard InChI is InChI=1S/C14H17N3O4/c1-6(2)12-11(8(4)17-21-12)13(18)16-9-5-15-7(3)10(9)14(19)20/h5-6,15H,1-4H3,(H,16,18)(H,19,20). The van der Waals surface area contributed by atoms with Crippen molar-refractivity contribution in [2.75, 3.05) is 5.32 Å². The van der Waals surface area contributed by atoms with E-state index in [9.17, 15) is 14.7 Å². The fourth-order valence-corrected chi connectivity index (χ4v) is 2.14. The van der Waals surface area contributed by atoms with Gasteiger partial charge in [-0.2, -0.15) is 0 Å². The minimum atomic E-state index is -1.10. The van der Waals surface area contributed by atoms with Crippen LogP contribution in [0.4, 0.5) is 5.69 Å². The minimum absolute atomic E-state index is 0.00106. The van der Waals surface area contributed by atoms with Gasteiger partial charge in [0.15, 0.2) is 5.76 Å². The van der Waals surface area contributed by atoms with Crippen molar-refractivity contribution in [2.45, 2.75) is 33.6 Å². The van der Waals surface area contributed by atoms with Gasteiger partial charge in [-0.05, 0) is 13.8 Å². The molecule has 0 atom stereocenters. The predicted molar refractivity (Wildman–Crippen MR) is 75.8 cm³/mol. The zero-order chi connectivity index (χ0) is 15.7. The SMILES string of the molecule is Cc1noc(C(C)C)c1C(=O)Nc1c[nH]c(C)c1C(=O)O. The Labute approximate surface area is 121 Å². The molecule has 0 unspecified atom stereocenters. The van der Waals surface area contributed by atoms with Crippen LogP contribution in [0, 0.1) is 13.8 Å². The Kier molecular flexibility index (Phi) is 3.84. The molecule has 0 aliphatic rings. The van der Waals surface area contributed by atoms with E-state index in [1.54, 1.807) is 13.8 Å². The minimum Gasteiger partial charge on any atom is -0.478 e. The maximum atomic E-state index is 12.4. The molecule has 0 fully saturated rings. The fourth-order valence-electron chi connectivity index (χ4n) is 2.14. The highest BCUT2D eigenvalue weighted by molar-refractivity contribution is 6.09. The van der Waals surface area contributed by atoms with E-state index >= 15 is 0 Å². The third-order valence-electron chi connectivity index (χ3n) is 3.18. The quantitative estimate of drug-likeness (QED) is 0.802. The number of carboxylic acids is 1. The van der Waals surface area contributed by atoms with E-state index in [-0.39, 0.29) is 17.2 Å². The average molecular weight is 291 g/mol. The molecule has 0 saturated carbocycles. The van der Waals surface area contributed by atoms with Crippen LogP contribution in [0.1, 0.15) is 57.6 Å². The van der Waals surface area contributed by atoms with Crippen LogP contribution < -0.4 is 5.32 Å². The number of hydrogen-bond acceptors (Lipinski definition) is 4. The molecule has 2 aromatic rings. The highest BCUT2D eigenvalue weighted by Gasteiger charge is 2.24. The van der Waals surface area contributed by atoms with Crippen LogP contribution in [0.15, 0.2) is 10.7 Å². The number of carbonyl (C=O) groups excluding carboxylic acids is 1. The molecule has 0 aliphatic carbocycles. The summed E-state index contributed by atoms with van der Waals surface area (Å²) in [4.78, 5) is 26.4. The molecule has 0 radical (unpaired) electrons. The summed E-state index contributed by atoms with van der Waals surface area (Å²) in [6, 6.07) is 0. The molecule has 2 aromatic heterocycles. The van der Waals surface area contributed by atoms with Gasteiger partial charge in [0, 0.05) is 17.8 Å². The molecule has 0 aromatic carbocycles. The maximum absolute atomic E-state index is 12.4. The van der Waals surface area contributed by atoms with E-state index in [4.69, 9.17) is 4.52 Å². The van der Waals surface area contributed by atoms with E-state index in [1.165, 1.54) is 6.20 Å². The molecule has 0 bridgehead atoms. The maximum Gasteiger partial charge on any atom is 0.339 e. The van der Waals surface area contributed by atoms with Crippen molar-refractivity contribution < 1.29 is 19.2 Å². The molecular weight excluding hydrogens is 274 g/mol. The first-order valence-electron chi connectivity index (χ1n) is 6.51. The van der Waals surface area contributed by atoms with Gasteiger partial charge in [-0.1, -0.05) is 19.0 Å². The third kappa shape index (κ3) is 2.67. The van der Waals surface area contributed by atoms with Crippen LogP contribution in [-0.2, 0) is 0 Å². The molecule has 112 valence electrons. The second-order valence-corrected chi connectivity index (χ2v) is 5.12. The zero-order valence-corrected chi connectivity index (χ0v) is 12.3. The topological polar surface area (TPSA) is 108 Å². The van der Waals surface area contributed by atoms with Gasteiger partial charge in [-0.15, -0.1) is 0 Å². The van der Waals surface area contributed by atoms with Crippen molar-refractivity contribution >= 4 is 17.6 Å². The molecule has 7 nitrogen and oxygen atoms in total. The summed E-state index contributed by atoms with van der Waals surface area (Å²) in [5.74, 6) is -1.05. The summed E-state index contributed by atoms with van der Waals surface area (Å²) in [7, 11) is 0. The van der Waals surface area contributed by atoms with Crippen molar-refractivity contribution in [3.8, 4) is 0 Å². The summed E-state index contributed by atoms with van der Waals surface area (Å²) in [6.45, 7) is 7.08. The number of aryl methyl sites for hydroxylation is 2. The fraction of sp³-hybridized carbons (Fsp3) is 0.357. The summed E-state index contributed by atoms with van der Waals surface area (Å²) < 4.78 is 5.16. The normalized spacial score (nSPS) is 10.9. The summed E-state index contributed by atoms with van der Waals surface area (Å²) in [5, 5.41) is 15.6. The van der Waals surface area contributed by atoms with E-state index < -0.39 is 11.9 Å². The Bertz CT molecular complexity index is 697. The lowest BCUT2D eigenvalue weighted by molar-refractivity contribution is 0.0697. The van der Waals surface area contributed by atoms with E-state index in [0.29, 0.717) is 22.7 Å². The van der Waals surface area contributed by atoms with Crippen molar-refractivity contribution in [3.05, 3.63) is 34.5 Å². The molecule has 7 heteroatoms. The number of hydrogen-bond donors (Lipinski definition) is 3. The van der Waals surface area contributed by atoms with Gasteiger partial charge in [0.1, 0.15) is 11.1 Å². The molecule has 2 heterocycles. The average Bonchev–Trinajstić information content (AvgIpc) is 2.92. The van der Waals surface area contributed by atoms with Gasteiger partial charge in [0.2, 0.25) is 0 Å². The second kappa shape index (κ2) is 5.43. The summed E-state index contributed by atoms with van der Waals surface area (Å²) >= 11 is 0. The number of nitrogens with one attached hydrogen (secondary N) is 2. The van der Waals surface area contributed by atoms with Crippen molar-refractivity contribution in [1.29, 1.82) is 0 Å². The molecule has 0 aliphatic heterocycles. The van der Waals surface area contributed by atoms with E-state index in [2.05, 4.69) is 15.5 Å². The number of rotatable bonds is 4. The van der Waals surface area contributed by atoms with Gasteiger partial charge in [-0.3, -0.25) is 4.79 Å². The number of aromatic carboxylic acids is 1. The molecule has 0 saturated heterocycles. The van der Waals surface area contributed by atoms with Gasteiger partial charge in [0.05, 0.1) is 11.4 Å². The lowest BCUT2D eigenvalue weighted by Gasteiger charge is -2.07. The summed E-state index contributed by atoms with van der Waals surface area (Å²) in [5.41, 5.74) is 1.56. The molecule has 3 N–H and O–H groups in total. The number of H-pyrrole nitrogens is 1. The Balaban J connectivity index is 2.35. The van der Waals surface area contributed by atoms with Crippen LogP contribution in [-0.4, -0.2) is 27.1 Å². The lowest BCUT2D eigenvalue weighted by atomic mass is 10.0. The van der Waals surface area contributed by atoms with E-state index in [0.717, 1.165) is 0 Å². The van der Waals surface area contributed by atoms with Crippen LogP contribution in [0.3, 0.4) is 0 Å². The molecular formula is C14H17N3O4. The highest BCUT2D eigenvalue weighted by atomic mass is 16.5. The number of carboxylic acid groups (broad SMARTS) is 1. The first-order valence-corrected chi connectivity index (χ1v) is 6.51. The number of anilines is 1. The summed E-state index contributed by atoms with van der Waals surface area (Å²) in [6.07, 6.45) is 1.45. The van der Waals surface area contributed by atoms with Crippen LogP contribution in [0.5, 0.6) is 0 Å². The zero-order valence-electron chi connectivity index (χ0n) is 12.3. The third-order valence-corrected chi connectivity index (χ3v) is 3.18. The molecule has 1 amide bonds. The largest absolute Gasteiger partial charge is 0.478 e. The Morgan fingerprint density at radius 2 is 2.00 bits per heavy atom. The van der Waals surface area contributed by atoms with Crippen LogP contribution in [0.2, 0.25) is 0 Å². The van der Waals surface area contributed by atoms with Gasteiger partial charge in [0.25, 0.3) is 5.91 Å². The van der Waals surface area contributed by atoms with E-state index in [1.807, 2.05) is 13.8 Å². The Morgan fingerprint density at radius 1 is 1.33 bits per heavy atom. The lowest BCUT2D eigenvalue weighted by Crippen LogP contribution is -2.16. The van der Waals surface area contributed by atoms with Gasteiger partial charge in [-0.25, -0.2) is 4.79 Å². The molecule has 21 heavy (non-hydrogen) atoms. The van der Waals surface area contributed by atoms with Gasteiger partial charge >= 0.3 is 5.97 Å². The van der Waals surface area contributed by atoms with Crippen molar-refractivity contribution in [1.82, 2.24) is 10.1 Å². The monoisotopic (exact) mass is 291 g/mol. The number of nitrogens with zero attached hydrogens (tertiary/aromatic N) is 1. The van der Waals surface area contributed by atoms with Crippen molar-refractivity contribution in [2.24, 2.45) is 0 Å². The number of carbonyl (C=O) groups is 2. The first-order chi connectivity index (χ1) is 9.82. The van der Waals surface area contributed by atoms with Crippen LogP contribution >= 0.6 is 0 Å². The predicted octanol–water partition coefficient (Wildman–Crippen LogP) is 2.69. The smallest absolute Gasteiger partial charge is 0.339 e. The van der Waals surface area contributed by atoms with Gasteiger partial charge < -0.3 is 19.9 Å². The second-order valence-electron chi connectivity index (χ2n) is 5.12. The number of aromatic nitrogens is 2. The number of aromatic amines is 1. The highest BCUT2D eigenvalue weighted by Crippen LogP contribution is 2.25. The number of amides is 1. The first kappa shape index (κ1) is 14.8. The Hall–Kier alpha value is -2.57. The molecule has 2 rings (SSSR count).